The lowest BCUT2D eigenvalue weighted by atomic mass is 9.95. The highest BCUT2D eigenvalue weighted by Crippen LogP contribution is 2.43. The molecule has 0 amide bonds. The van der Waals surface area contributed by atoms with Crippen molar-refractivity contribution in [1.82, 2.24) is 4.57 Å². The predicted octanol–water partition coefficient (Wildman–Crippen LogP) is 11.5. The summed E-state index contributed by atoms with van der Waals surface area (Å²) in [5.41, 5.74) is 13.1. The lowest BCUT2D eigenvalue weighted by Gasteiger charge is -2.25. The summed E-state index contributed by atoms with van der Waals surface area (Å²) in [6.07, 6.45) is 4.27. The fourth-order valence-corrected chi connectivity index (χ4v) is 8.07. The minimum absolute atomic E-state index is 0.804. The molecule has 1 aliphatic heterocycles. The summed E-state index contributed by atoms with van der Waals surface area (Å²) < 4.78 is 15.4. The van der Waals surface area contributed by atoms with Gasteiger partial charge in [0, 0.05) is 43.7 Å². The number of benzene rings is 7. The quantitative estimate of drug-likeness (QED) is 0.188. The molecule has 0 bridgehead atoms. The summed E-state index contributed by atoms with van der Waals surface area (Å²) in [6, 6.07) is 55.4. The van der Waals surface area contributed by atoms with Gasteiger partial charge in [0.2, 0.25) is 0 Å². The molecule has 1 aliphatic rings. The molecule has 11 rings (SSSR count). The van der Waals surface area contributed by atoms with Crippen LogP contribution in [0.2, 0.25) is 0 Å². The van der Waals surface area contributed by atoms with Gasteiger partial charge in [-0.3, -0.25) is 0 Å². The second-order valence-corrected chi connectivity index (χ2v) is 13.4. The minimum Gasteiger partial charge on any atom is -0.455 e. The Kier molecular flexibility index (Phi) is 6.07. The predicted molar refractivity (Wildman–Crippen MR) is 216 cm³/mol. The summed E-state index contributed by atoms with van der Waals surface area (Å²) in [6.45, 7) is 4.63. The summed E-state index contributed by atoms with van der Waals surface area (Å²) in [4.78, 5) is 2.22. The molecule has 0 saturated carbocycles. The SMILES string of the molecule is C=C1/C=c2\c(oc3ccccc23)=C/N(c2ccccc2)c2ccc(-c3ccc4c5c6oc7ccccc7c6ccc5n(-c5ccccc5)c4c3)cc21. The first kappa shape index (κ1) is 28.8. The van der Waals surface area contributed by atoms with E-state index in [1.807, 2.05) is 30.3 Å². The largest absolute Gasteiger partial charge is 0.455 e. The molecule has 0 saturated heterocycles. The van der Waals surface area contributed by atoms with Crippen LogP contribution in [0.5, 0.6) is 0 Å². The first-order valence-corrected chi connectivity index (χ1v) is 17.5. The zero-order valence-electron chi connectivity index (χ0n) is 28.1. The van der Waals surface area contributed by atoms with Crippen molar-refractivity contribution >= 4 is 83.9 Å². The molecule has 0 aliphatic carbocycles. The molecule has 4 heterocycles. The highest BCUT2D eigenvalue weighted by molar-refractivity contribution is 6.24. The molecular weight excluding hydrogens is 637 g/mol. The second-order valence-electron chi connectivity index (χ2n) is 13.4. The lowest BCUT2D eigenvalue weighted by Crippen LogP contribution is -2.26. The Hall–Kier alpha value is -7.04. The van der Waals surface area contributed by atoms with Crippen LogP contribution in [-0.4, -0.2) is 4.57 Å². The molecular formula is C48H30N2O2. The van der Waals surface area contributed by atoms with Crippen LogP contribution in [-0.2, 0) is 0 Å². The van der Waals surface area contributed by atoms with E-state index in [0.717, 1.165) is 105 Å². The second kappa shape index (κ2) is 11.0. The first-order chi connectivity index (χ1) is 25.7. The zero-order chi connectivity index (χ0) is 34.3. The van der Waals surface area contributed by atoms with Crippen molar-refractivity contribution in [2.75, 3.05) is 4.90 Å². The van der Waals surface area contributed by atoms with Crippen molar-refractivity contribution in [3.8, 4) is 16.8 Å². The molecule has 10 aromatic rings. The Morgan fingerprint density at radius 2 is 1.15 bits per heavy atom. The van der Waals surface area contributed by atoms with Crippen LogP contribution in [0.1, 0.15) is 5.56 Å². The fourth-order valence-electron chi connectivity index (χ4n) is 8.07. The molecule has 0 fully saturated rings. The van der Waals surface area contributed by atoms with Crippen molar-refractivity contribution in [3.05, 3.63) is 181 Å². The van der Waals surface area contributed by atoms with Gasteiger partial charge in [-0.15, -0.1) is 0 Å². The number of hydrogen-bond acceptors (Lipinski definition) is 3. The van der Waals surface area contributed by atoms with E-state index in [4.69, 9.17) is 8.83 Å². The van der Waals surface area contributed by atoms with Gasteiger partial charge in [0.1, 0.15) is 16.7 Å². The highest BCUT2D eigenvalue weighted by atomic mass is 16.3. The van der Waals surface area contributed by atoms with Gasteiger partial charge in [-0.2, -0.15) is 0 Å². The van der Waals surface area contributed by atoms with Gasteiger partial charge in [0.05, 0.1) is 28.3 Å². The molecule has 3 aromatic heterocycles. The van der Waals surface area contributed by atoms with E-state index in [1.54, 1.807) is 0 Å². The smallest absolute Gasteiger partial charge is 0.151 e. The van der Waals surface area contributed by atoms with E-state index in [-0.39, 0.29) is 0 Å². The van der Waals surface area contributed by atoms with Gasteiger partial charge in [0.25, 0.3) is 0 Å². The van der Waals surface area contributed by atoms with E-state index in [0.29, 0.717) is 0 Å². The Morgan fingerprint density at radius 1 is 0.500 bits per heavy atom. The maximum Gasteiger partial charge on any atom is 0.151 e. The van der Waals surface area contributed by atoms with E-state index in [2.05, 4.69) is 156 Å². The number of anilines is 2. The normalized spacial score (nSPS) is 14.2. The summed E-state index contributed by atoms with van der Waals surface area (Å²) in [5.74, 6) is 0. The Balaban J connectivity index is 1.15. The van der Waals surface area contributed by atoms with E-state index in [1.165, 1.54) is 0 Å². The van der Waals surface area contributed by atoms with Gasteiger partial charge in [-0.05, 0) is 89.5 Å². The molecule has 0 N–H and O–H groups in total. The number of hydrogen-bond donors (Lipinski definition) is 0. The van der Waals surface area contributed by atoms with Crippen LogP contribution in [0.4, 0.5) is 11.4 Å². The molecule has 4 heteroatoms. The van der Waals surface area contributed by atoms with Crippen molar-refractivity contribution in [3.63, 3.8) is 0 Å². The Bertz CT molecular complexity index is 3200. The highest BCUT2D eigenvalue weighted by Gasteiger charge is 2.21. The van der Waals surface area contributed by atoms with Gasteiger partial charge in [-0.25, -0.2) is 0 Å². The third kappa shape index (κ3) is 4.21. The third-order valence-electron chi connectivity index (χ3n) is 10.5. The van der Waals surface area contributed by atoms with Gasteiger partial charge < -0.3 is 18.3 Å². The minimum atomic E-state index is 0.804. The molecule has 0 unspecified atom stereocenters. The fraction of sp³-hybridized carbons (Fsp3) is 0. The number of rotatable bonds is 3. The van der Waals surface area contributed by atoms with Crippen molar-refractivity contribution in [1.29, 1.82) is 0 Å². The number of aromatic nitrogens is 1. The maximum atomic E-state index is 6.59. The third-order valence-corrected chi connectivity index (χ3v) is 10.5. The summed E-state index contributed by atoms with van der Waals surface area (Å²) >= 11 is 0. The monoisotopic (exact) mass is 666 g/mol. The number of allylic oxidation sites excluding steroid dienone is 1. The molecule has 244 valence electrons. The van der Waals surface area contributed by atoms with Crippen molar-refractivity contribution in [2.45, 2.75) is 0 Å². The van der Waals surface area contributed by atoms with Crippen LogP contribution in [0.15, 0.2) is 173 Å². The standard InChI is InChI=1S/C48H30N2O2/c1-30-26-40-36-17-9-10-18-44(36)51-46(40)29-49(33-12-4-2-5-13-33)41-24-21-31(27-39(30)41)32-20-22-38-43(28-32)50(34-14-6-3-7-15-34)42-25-23-37-35-16-8-11-19-45(35)52-48(37)47(38)42/h2-29H,1H2/b40-26-,46-29+. The van der Waals surface area contributed by atoms with E-state index < -0.39 is 0 Å². The number of nitrogens with zero attached hydrogens (tertiary/aromatic N) is 2. The lowest BCUT2D eigenvalue weighted by molar-refractivity contribution is 0.574. The molecule has 4 nitrogen and oxygen atoms in total. The van der Waals surface area contributed by atoms with Gasteiger partial charge in [-0.1, -0.05) is 97.6 Å². The van der Waals surface area contributed by atoms with Crippen LogP contribution < -0.4 is 15.5 Å². The molecule has 7 aromatic carbocycles. The van der Waals surface area contributed by atoms with Gasteiger partial charge >= 0.3 is 0 Å². The Labute approximate surface area is 298 Å². The first-order valence-electron chi connectivity index (χ1n) is 17.5. The average molecular weight is 667 g/mol. The number of furan rings is 2. The van der Waals surface area contributed by atoms with Crippen LogP contribution in [0, 0.1) is 0 Å². The molecule has 0 atom stereocenters. The molecule has 0 radical (unpaired) electrons. The van der Waals surface area contributed by atoms with Crippen LogP contribution >= 0.6 is 0 Å². The summed E-state index contributed by atoms with van der Waals surface area (Å²) in [5, 5.41) is 6.64. The maximum absolute atomic E-state index is 6.59. The van der Waals surface area contributed by atoms with Gasteiger partial charge in [0.15, 0.2) is 5.42 Å². The average Bonchev–Trinajstić information content (AvgIpc) is 3.85. The zero-order valence-corrected chi connectivity index (χ0v) is 28.1. The summed E-state index contributed by atoms with van der Waals surface area (Å²) in [7, 11) is 0. The molecule has 0 spiro atoms. The van der Waals surface area contributed by atoms with Crippen molar-refractivity contribution < 1.29 is 8.83 Å². The molecule has 52 heavy (non-hydrogen) atoms. The topological polar surface area (TPSA) is 34.5 Å². The van der Waals surface area contributed by atoms with Crippen LogP contribution in [0.25, 0.3) is 89.4 Å². The van der Waals surface area contributed by atoms with Crippen molar-refractivity contribution in [2.24, 2.45) is 0 Å². The van der Waals surface area contributed by atoms with E-state index in [9.17, 15) is 0 Å². The van der Waals surface area contributed by atoms with Crippen LogP contribution in [0.3, 0.4) is 0 Å². The number of fused-ring (bicyclic) bond motifs is 11. The Morgan fingerprint density at radius 3 is 1.96 bits per heavy atom. The van der Waals surface area contributed by atoms with E-state index >= 15 is 0 Å². The number of para-hydroxylation sites is 4.